The fraction of sp³-hybridized carbons (Fsp3) is 0.200. The van der Waals surface area contributed by atoms with Crippen LogP contribution in [0.3, 0.4) is 0 Å². The molecule has 21 heavy (non-hydrogen) atoms. The SMILES string of the molecule is Fc1ccccc1CSCCNC(=S)Nc1cccnc1. The monoisotopic (exact) mass is 321 g/mol. The van der Waals surface area contributed by atoms with Crippen molar-refractivity contribution in [3.05, 3.63) is 60.2 Å². The van der Waals surface area contributed by atoms with Crippen molar-refractivity contribution in [3.63, 3.8) is 0 Å². The van der Waals surface area contributed by atoms with E-state index in [9.17, 15) is 4.39 Å². The van der Waals surface area contributed by atoms with Crippen LogP contribution in [0, 0.1) is 5.82 Å². The quantitative estimate of drug-likeness (QED) is 0.630. The zero-order chi connectivity index (χ0) is 14.9. The minimum Gasteiger partial charge on any atom is -0.362 e. The molecule has 0 aliphatic rings. The Morgan fingerprint density at radius 2 is 2.10 bits per heavy atom. The lowest BCUT2D eigenvalue weighted by molar-refractivity contribution is 0.617. The van der Waals surface area contributed by atoms with Gasteiger partial charge in [-0.3, -0.25) is 4.98 Å². The van der Waals surface area contributed by atoms with Gasteiger partial charge in [0.25, 0.3) is 0 Å². The highest BCUT2D eigenvalue weighted by atomic mass is 32.2. The van der Waals surface area contributed by atoms with Crippen LogP contribution >= 0.6 is 24.0 Å². The molecule has 0 bridgehead atoms. The van der Waals surface area contributed by atoms with Crippen LogP contribution in [0.5, 0.6) is 0 Å². The van der Waals surface area contributed by atoms with Crippen molar-refractivity contribution in [1.82, 2.24) is 10.3 Å². The minimum absolute atomic E-state index is 0.147. The Labute approximate surface area is 133 Å². The van der Waals surface area contributed by atoms with Crippen LogP contribution in [0.15, 0.2) is 48.8 Å². The fourth-order valence-electron chi connectivity index (χ4n) is 1.65. The van der Waals surface area contributed by atoms with Gasteiger partial charge in [0.1, 0.15) is 5.82 Å². The zero-order valence-electron chi connectivity index (χ0n) is 11.4. The Bertz CT molecular complexity index is 578. The first-order valence-electron chi connectivity index (χ1n) is 6.52. The molecular formula is C15H16FN3S2. The van der Waals surface area contributed by atoms with Gasteiger partial charge >= 0.3 is 0 Å². The molecule has 110 valence electrons. The van der Waals surface area contributed by atoms with E-state index in [-0.39, 0.29) is 5.82 Å². The van der Waals surface area contributed by atoms with Crippen molar-refractivity contribution in [1.29, 1.82) is 0 Å². The Morgan fingerprint density at radius 3 is 2.86 bits per heavy atom. The summed E-state index contributed by atoms with van der Waals surface area (Å²) in [5.74, 6) is 1.37. The van der Waals surface area contributed by atoms with Crippen molar-refractivity contribution in [2.75, 3.05) is 17.6 Å². The van der Waals surface area contributed by atoms with E-state index in [4.69, 9.17) is 12.2 Å². The van der Waals surface area contributed by atoms with E-state index in [1.165, 1.54) is 6.07 Å². The summed E-state index contributed by atoms with van der Waals surface area (Å²) in [6.45, 7) is 0.727. The normalized spacial score (nSPS) is 10.1. The average Bonchev–Trinajstić information content (AvgIpc) is 2.50. The average molecular weight is 321 g/mol. The molecule has 0 radical (unpaired) electrons. The van der Waals surface area contributed by atoms with E-state index < -0.39 is 0 Å². The third kappa shape index (κ3) is 5.69. The highest BCUT2D eigenvalue weighted by molar-refractivity contribution is 7.98. The molecule has 3 nitrogen and oxygen atoms in total. The lowest BCUT2D eigenvalue weighted by atomic mass is 10.2. The summed E-state index contributed by atoms with van der Waals surface area (Å²) in [7, 11) is 0. The van der Waals surface area contributed by atoms with Gasteiger partial charge in [-0.1, -0.05) is 18.2 Å². The number of nitrogens with one attached hydrogen (secondary N) is 2. The number of nitrogens with zero attached hydrogens (tertiary/aromatic N) is 1. The number of pyridine rings is 1. The Hall–Kier alpha value is -1.66. The number of hydrogen-bond donors (Lipinski definition) is 2. The van der Waals surface area contributed by atoms with E-state index in [2.05, 4.69) is 15.6 Å². The van der Waals surface area contributed by atoms with Gasteiger partial charge in [0, 0.05) is 24.2 Å². The molecule has 0 aliphatic heterocycles. The molecule has 0 amide bonds. The highest BCUT2D eigenvalue weighted by Crippen LogP contribution is 2.14. The second kappa shape index (κ2) is 8.59. The Balaban J connectivity index is 1.62. The standard InChI is InChI=1S/C15H16FN3S2/c16-14-6-2-1-4-12(14)11-21-9-8-18-15(20)19-13-5-3-7-17-10-13/h1-7,10H,8-9,11H2,(H2,18,19,20). The maximum atomic E-state index is 13.4. The summed E-state index contributed by atoms with van der Waals surface area (Å²) in [5.41, 5.74) is 1.59. The number of aromatic nitrogens is 1. The first-order valence-corrected chi connectivity index (χ1v) is 8.08. The molecule has 0 saturated heterocycles. The second-order valence-electron chi connectivity index (χ2n) is 4.27. The van der Waals surface area contributed by atoms with E-state index in [1.807, 2.05) is 24.3 Å². The molecule has 6 heteroatoms. The Kier molecular flexibility index (Phi) is 6.43. The van der Waals surface area contributed by atoms with E-state index >= 15 is 0 Å². The third-order valence-electron chi connectivity index (χ3n) is 2.67. The summed E-state index contributed by atoms with van der Waals surface area (Å²) in [6.07, 6.45) is 3.42. The molecule has 0 atom stereocenters. The number of hydrogen-bond acceptors (Lipinski definition) is 3. The van der Waals surface area contributed by atoms with Gasteiger partial charge in [-0.05, 0) is 36.0 Å². The van der Waals surface area contributed by atoms with Crippen LogP contribution < -0.4 is 10.6 Å². The molecule has 0 spiro atoms. The third-order valence-corrected chi connectivity index (χ3v) is 3.92. The van der Waals surface area contributed by atoms with Gasteiger partial charge in [-0.15, -0.1) is 0 Å². The van der Waals surface area contributed by atoms with Crippen LogP contribution in [-0.4, -0.2) is 22.4 Å². The van der Waals surface area contributed by atoms with Crippen LogP contribution in [0.4, 0.5) is 10.1 Å². The van der Waals surface area contributed by atoms with Gasteiger partial charge < -0.3 is 10.6 Å². The number of thiocarbonyl (C=S) groups is 1. The molecule has 0 unspecified atom stereocenters. The van der Waals surface area contributed by atoms with Crippen LogP contribution in [0.1, 0.15) is 5.56 Å². The lowest BCUT2D eigenvalue weighted by Crippen LogP contribution is -2.30. The molecule has 0 fully saturated rings. The smallest absolute Gasteiger partial charge is 0.170 e. The van der Waals surface area contributed by atoms with Crippen molar-refractivity contribution in [2.45, 2.75) is 5.75 Å². The minimum atomic E-state index is -0.147. The summed E-state index contributed by atoms with van der Waals surface area (Å²) in [5, 5.41) is 6.72. The van der Waals surface area contributed by atoms with E-state index in [0.29, 0.717) is 10.9 Å². The molecule has 2 N–H and O–H groups in total. The van der Waals surface area contributed by atoms with Crippen LogP contribution in [0.2, 0.25) is 0 Å². The highest BCUT2D eigenvalue weighted by Gasteiger charge is 2.01. The molecule has 1 heterocycles. The predicted octanol–water partition coefficient (Wildman–Crippen LogP) is 3.44. The zero-order valence-corrected chi connectivity index (χ0v) is 13.0. The van der Waals surface area contributed by atoms with Gasteiger partial charge in [0.05, 0.1) is 11.9 Å². The van der Waals surface area contributed by atoms with Gasteiger partial charge in [0.15, 0.2) is 5.11 Å². The van der Waals surface area contributed by atoms with Crippen molar-refractivity contribution in [3.8, 4) is 0 Å². The molecule has 0 saturated carbocycles. The molecule has 1 aromatic carbocycles. The fourth-order valence-corrected chi connectivity index (χ4v) is 2.71. The number of benzene rings is 1. The summed E-state index contributed by atoms with van der Waals surface area (Å²) in [6, 6.07) is 10.6. The molecule has 1 aromatic heterocycles. The van der Waals surface area contributed by atoms with E-state index in [0.717, 1.165) is 23.5 Å². The lowest BCUT2D eigenvalue weighted by Gasteiger charge is -2.10. The predicted molar refractivity (Wildman–Crippen MR) is 91.0 cm³/mol. The summed E-state index contributed by atoms with van der Waals surface area (Å²) >= 11 is 6.85. The van der Waals surface area contributed by atoms with Gasteiger partial charge in [-0.2, -0.15) is 11.8 Å². The molecular weight excluding hydrogens is 305 g/mol. The van der Waals surface area contributed by atoms with Crippen LogP contribution in [-0.2, 0) is 5.75 Å². The largest absolute Gasteiger partial charge is 0.362 e. The molecule has 2 rings (SSSR count). The Morgan fingerprint density at radius 1 is 1.24 bits per heavy atom. The second-order valence-corrected chi connectivity index (χ2v) is 5.78. The number of halogens is 1. The molecule has 2 aromatic rings. The maximum Gasteiger partial charge on any atom is 0.170 e. The van der Waals surface area contributed by atoms with Crippen molar-refractivity contribution >= 4 is 34.8 Å². The molecule has 0 aliphatic carbocycles. The van der Waals surface area contributed by atoms with Gasteiger partial charge in [0.2, 0.25) is 0 Å². The van der Waals surface area contributed by atoms with Crippen molar-refractivity contribution < 1.29 is 4.39 Å². The van der Waals surface area contributed by atoms with E-state index in [1.54, 1.807) is 30.2 Å². The topological polar surface area (TPSA) is 37.0 Å². The summed E-state index contributed by atoms with van der Waals surface area (Å²) < 4.78 is 13.4. The summed E-state index contributed by atoms with van der Waals surface area (Å²) in [4.78, 5) is 4.00. The maximum absolute atomic E-state index is 13.4. The van der Waals surface area contributed by atoms with Gasteiger partial charge in [-0.25, -0.2) is 4.39 Å². The number of anilines is 1. The first-order chi connectivity index (χ1) is 10.3. The van der Waals surface area contributed by atoms with Crippen molar-refractivity contribution in [2.24, 2.45) is 0 Å². The number of rotatable bonds is 6. The first kappa shape index (κ1) is 15.7. The number of thioether (sulfide) groups is 1. The van der Waals surface area contributed by atoms with Crippen LogP contribution in [0.25, 0.3) is 0 Å².